The average molecular weight is 221 g/mol. The summed E-state index contributed by atoms with van der Waals surface area (Å²) in [5.41, 5.74) is 4.88. The van der Waals surface area contributed by atoms with Gasteiger partial charge in [0.15, 0.2) is 5.51 Å². The molecule has 0 saturated carbocycles. The zero-order chi connectivity index (χ0) is 10.8. The summed E-state index contributed by atoms with van der Waals surface area (Å²) in [6.45, 7) is 0. The molecule has 77 valence electrons. The lowest BCUT2D eigenvalue weighted by Gasteiger charge is -2.13. The monoisotopic (exact) mass is 221 g/mol. The largest absolute Gasteiger partial charge is 0.375 e. The highest BCUT2D eigenvalue weighted by molar-refractivity contribution is 7.07. The van der Waals surface area contributed by atoms with Gasteiger partial charge in [-0.3, -0.25) is 0 Å². The van der Waals surface area contributed by atoms with Crippen LogP contribution in [0, 0.1) is 11.3 Å². The van der Waals surface area contributed by atoms with Crippen LogP contribution in [0.15, 0.2) is 23.6 Å². The molecule has 0 spiro atoms. The first-order valence-corrected chi connectivity index (χ1v) is 5.35. The van der Waals surface area contributed by atoms with Gasteiger partial charge in [-0.15, -0.1) is 11.3 Å². The van der Waals surface area contributed by atoms with E-state index < -0.39 is 0 Å². The van der Waals surface area contributed by atoms with Crippen LogP contribution in [0.5, 0.6) is 0 Å². The molecule has 1 radical (unpaired) electrons. The lowest BCUT2D eigenvalue weighted by atomic mass is 10.1. The Hall–Kier alpha value is -1.42. The van der Waals surface area contributed by atoms with Crippen LogP contribution in [0.4, 0.5) is 10.1 Å². The zero-order valence-electron chi connectivity index (χ0n) is 8.49. The maximum atomic E-state index is 13.6. The van der Waals surface area contributed by atoms with E-state index in [1.807, 2.05) is 25.5 Å². The van der Waals surface area contributed by atoms with Gasteiger partial charge in [-0.25, -0.2) is 9.37 Å². The number of halogens is 1. The highest BCUT2D eigenvalue weighted by Crippen LogP contribution is 2.24. The minimum absolute atomic E-state index is 0.231. The van der Waals surface area contributed by atoms with Crippen molar-refractivity contribution in [2.75, 3.05) is 19.0 Å². The fraction of sp³-hybridized carbons (Fsp3) is 0.182. The van der Waals surface area contributed by atoms with Crippen LogP contribution in [0.2, 0.25) is 0 Å². The molecule has 1 heterocycles. The van der Waals surface area contributed by atoms with E-state index in [4.69, 9.17) is 0 Å². The summed E-state index contributed by atoms with van der Waals surface area (Å²) in [6, 6.07) is 5.11. The average Bonchev–Trinajstić information content (AvgIpc) is 2.69. The molecule has 0 N–H and O–H groups in total. The van der Waals surface area contributed by atoms with Crippen molar-refractivity contribution in [1.82, 2.24) is 4.98 Å². The summed E-state index contributed by atoms with van der Waals surface area (Å²) in [6.07, 6.45) is 0. The maximum absolute atomic E-state index is 13.6. The molecule has 15 heavy (non-hydrogen) atoms. The zero-order valence-corrected chi connectivity index (χ0v) is 9.31. The van der Waals surface area contributed by atoms with Crippen molar-refractivity contribution >= 4 is 17.0 Å². The summed E-state index contributed by atoms with van der Waals surface area (Å²) >= 11 is 1.38. The standard InChI is InChI=1S/C11H10FN2S/c1-14(2)11-4-3-8(5-9(11)12)10-6-15-7-13-10/h3-6H,1-2H3. The fourth-order valence-electron chi connectivity index (χ4n) is 1.35. The van der Waals surface area contributed by atoms with Gasteiger partial charge in [-0.2, -0.15) is 0 Å². The van der Waals surface area contributed by atoms with E-state index in [1.165, 1.54) is 17.4 Å². The molecule has 0 atom stereocenters. The lowest BCUT2D eigenvalue weighted by Crippen LogP contribution is -2.10. The lowest BCUT2D eigenvalue weighted by molar-refractivity contribution is 0.626. The van der Waals surface area contributed by atoms with Gasteiger partial charge in [0.05, 0.1) is 11.4 Å². The second-order valence-electron chi connectivity index (χ2n) is 3.38. The Labute approximate surface area is 92.0 Å². The first-order chi connectivity index (χ1) is 7.18. The Kier molecular flexibility index (Phi) is 2.68. The predicted molar refractivity (Wildman–Crippen MR) is 60.7 cm³/mol. The Morgan fingerprint density at radius 1 is 1.40 bits per heavy atom. The van der Waals surface area contributed by atoms with Gasteiger partial charge in [0, 0.05) is 25.0 Å². The molecule has 4 heteroatoms. The quantitative estimate of drug-likeness (QED) is 0.775. The van der Waals surface area contributed by atoms with Gasteiger partial charge >= 0.3 is 0 Å². The summed E-state index contributed by atoms with van der Waals surface area (Å²) in [4.78, 5) is 5.76. The molecule has 0 saturated heterocycles. The third-order valence-corrected chi connectivity index (χ3v) is 2.65. The van der Waals surface area contributed by atoms with Crippen LogP contribution in [0.1, 0.15) is 0 Å². The fourth-order valence-corrected chi connectivity index (χ4v) is 1.85. The molecule has 2 aromatic rings. The number of benzene rings is 1. The van der Waals surface area contributed by atoms with Gasteiger partial charge in [-0.1, -0.05) is 6.07 Å². The topological polar surface area (TPSA) is 16.1 Å². The van der Waals surface area contributed by atoms with Crippen molar-refractivity contribution in [2.45, 2.75) is 0 Å². The van der Waals surface area contributed by atoms with E-state index >= 15 is 0 Å². The molecule has 1 aromatic heterocycles. The number of anilines is 1. The summed E-state index contributed by atoms with van der Waals surface area (Å²) in [5.74, 6) is -0.231. The Bertz CT molecular complexity index is 452. The van der Waals surface area contributed by atoms with E-state index in [2.05, 4.69) is 10.5 Å². The number of rotatable bonds is 2. The van der Waals surface area contributed by atoms with Crippen LogP contribution in [0.25, 0.3) is 11.3 Å². The highest BCUT2D eigenvalue weighted by Gasteiger charge is 2.07. The van der Waals surface area contributed by atoms with Crippen molar-refractivity contribution in [3.05, 3.63) is 34.9 Å². The third-order valence-electron chi connectivity index (χ3n) is 2.11. The predicted octanol–water partition coefficient (Wildman–Crippen LogP) is 2.82. The number of thiazole rings is 1. The summed E-state index contributed by atoms with van der Waals surface area (Å²) in [7, 11) is 3.63. The Balaban J connectivity index is 2.42. The number of hydrogen-bond acceptors (Lipinski definition) is 3. The van der Waals surface area contributed by atoms with E-state index in [-0.39, 0.29) is 5.82 Å². The van der Waals surface area contributed by atoms with Gasteiger partial charge in [0.1, 0.15) is 5.82 Å². The van der Waals surface area contributed by atoms with E-state index in [9.17, 15) is 4.39 Å². The second-order valence-corrected chi connectivity index (χ2v) is 4.04. The molecule has 0 fully saturated rings. The van der Waals surface area contributed by atoms with Gasteiger partial charge in [0.2, 0.25) is 0 Å². The molecule has 0 aliphatic heterocycles. The van der Waals surface area contributed by atoms with E-state index in [0.717, 1.165) is 11.3 Å². The third kappa shape index (κ3) is 1.99. The maximum Gasteiger partial charge on any atom is 0.152 e. The summed E-state index contributed by atoms with van der Waals surface area (Å²) < 4.78 is 13.6. The van der Waals surface area contributed by atoms with Gasteiger partial charge in [-0.05, 0) is 12.1 Å². The first-order valence-electron chi connectivity index (χ1n) is 4.47. The Morgan fingerprint density at radius 3 is 2.73 bits per heavy atom. The molecular weight excluding hydrogens is 211 g/mol. The van der Waals surface area contributed by atoms with E-state index in [0.29, 0.717) is 5.69 Å². The van der Waals surface area contributed by atoms with Crippen LogP contribution >= 0.6 is 11.3 Å². The Morgan fingerprint density at radius 2 is 2.20 bits per heavy atom. The van der Waals surface area contributed by atoms with Crippen molar-refractivity contribution in [2.24, 2.45) is 0 Å². The number of hydrogen-bond donors (Lipinski definition) is 0. The van der Waals surface area contributed by atoms with Gasteiger partial charge < -0.3 is 4.90 Å². The van der Waals surface area contributed by atoms with E-state index in [1.54, 1.807) is 11.0 Å². The molecular formula is C11H10FN2S. The van der Waals surface area contributed by atoms with Crippen LogP contribution in [-0.4, -0.2) is 19.1 Å². The normalized spacial score (nSPS) is 10.3. The molecule has 0 amide bonds. The van der Waals surface area contributed by atoms with Crippen LogP contribution in [-0.2, 0) is 0 Å². The molecule has 2 rings (SSSR count). The molecule has 0 unspecified atom stereocenters. The first kappa shape index (κ1) is 10.1. The van der Waals surface area contributed by atoms with Gasteiger partial charge in [0.25, 0.3) is 0 Å². The highest BCUT2D eigenvalue weighted by atomic mass is 32.1. The van der Waals surface area contributed by atoms with Crippen molar-refractivity contribution < 1.29 is 4.39 Å². The minimum Gasteiger partial charge on any atom is -0.375 e. The molecule has 2 nitrogen and oxygen atoms in total. The molecule has 1 aromatic carbocycles. The van der Waals surface area contributed by atoms with Crippen molar-refractivity contribution in [3.63, 3.8) is 0 Å². The second kappa shape index (κ2) is 3.98. The number of aromatic nitrogens is 1. The minimum atomic E-state index is -0.231. The SMILES string of the molecule is CN(C)c1ccc(-c2cs[c]n2)cc1F. The molecule has 0 bridgehead atoms. The van der Waals surface area contributed by atoms with Crippen LogP contribution in [0.3, 0.4) is 0 Å². The smallest absolute Gasteiger partial charge is 0.152 e. The summed E-state index contributed by atoms with van der Waals surface area (Å²) in [5, 5.41) is 1.85. The molecule has 0 aliphatic rings. The number of nitrogens with zero attached hydrogens (tertiary/aromatic N) is 2. The van der Waals surface area contributed by atoms with Crippen molar-refractivity contribution in [1.29, 1.82) is 0 Å². The van der Waals surface area contributed by atoms with Crippen LogP contribution < -0.4 is 4.90 Å². The van der Waals surface area contributed by atoms with Crippen molar-refractivity contribution in [3.8, 4) is 11.3 Å². The molecule has 0 aliphatic carbocycles.